The number of aryl methyl sites for hydroxylation is 1. The largest absolute Gasteiger partial charge is 0.393 e. The zero-order chi connectivity index (χ0) is 14.3. The molecule has 0 spiro atoms. The van der Waals surface area contributed by atoms with E-state index in [9.17, 15) is 9.90 Å². The number of benzene rings is 1. The molecular formula is C15H24N2O2. The van der Waals surface area contributed by atoms with E-state index in [-0.39, 0.29) is 18.1 Å². The minimum Gasteiger partial charge on any atom is -0.393 e. The van der Waals surface area contributed by atoms with Crippen LogP contribution in [0.3, 0.4) is 0 Å². The first-order valence-corrected chi connectivity index (χ1v) is 6.84. The molecule has 0 saturated carbocycles. The van der Waals surface area contributed by atoms with Gasteiger partial charge in [0.25, 0.3) is 0 Å². The fraction of sp³-hybridized carbons (Fsp3) is 0.533. The molecule has 1 atom stereocenters. The number of hydrogen-bond donors (Lipinski definition) is 3. The number of carbonyl (C=O) groups excluding carboxylic acids is 1. The highest BCUT2D eigenvalue weighted by Crippen LogP contribution is 2.10. The number of rotatable bonds is 6. The highest BCUT2D eigenvalue weighted by molar-refractivity contribution is 5.89. The molecule has 1 aromatic rings. The summed E-state index contributed by atoms with van der Waals surface area (Å²) in [4.78, 5) is 11.7. The fourth-order valence-electron chi connectivity index (χ4n) is 1.71. The normalized spacial score (nSPS) is 12.3. The Morgan fingerprint density at radius 3 is 2.74 bits per heavy atom. The summed E-state index contributed by atoms with van der Waals surface area (Å²) in [5, 5.41) is 15.2. The molecule has 0 heterocycles. The van der Waals surface area contributed by atoms with Crippen LogP contribution < -0.4 is 10.6 Å². The van der Waals surface area contributed by atoms with E-state index in [2.05, 4.69) is 17.6 Å². The Hall–Kier alpha value is -1.55. The highest BCUT2D eigenvalue weighted by atomic mass is 16.3. The Morgan fingerprint density at radius 1 is 1.37 bits per heavy atom. The summed E-state index contributed by atoms with van der Waals surface area (Å²) < 4.78 is 0. The van der Waals surface area contributed by atoms with Gasteiger partial charge in [-0.1, -0.05) is 32.9 Å². The number of amides is 2. The summed E-state index contributed by atoms with van der Waals surface area (Å²) in [6.45, 7) is 6.47. The lowest BCUT2D eigenvalue weighted by Gasteiger charge is -2.14. The molecule has 4 nitrogen and oxygen atoms in total. The third kappa shape index (κ3) is 5.75. The molecule has 2 amide bonds. The Balaban J connectivity index is 2.34. The Bertz CT molecular complexity index is 405. The topological polar surface area (TPSA) is 61.4 Å². The maximum Gasteiger partial charge on any atom is 0.319 e. The van der Waals surface area contributed by atoms with Crippen molar-refractivity contribution in [2.75, 3.05) is 11.9 Å². The van der Waals surface area contributed by atoms with Crippen molar-refractivity contribution in [1.29, 1.82) is 0 Å². The van der Waals surface area contributed by atoms with E-state index in [0.29, 0.717) is 13.0 Å². The number of aliphatic hydroxyl groups is 1. The van der Waals surface area contributed by atoms with Gasteiger partial charge in [-0.2, -0.15) is 0 Å². The Kier molecular flexibility index (Phi) is 6.36. The molecule has 1 rings (SSSR count). The van der Waals surface area contributed by atoms with E-state index in [1.54, 1.807) is 0 Å². The highest BCUT2D eigenvalue weighted by Gasteiger charge is 2.09. The zero-order valence-electron chi connectivity index (χ0n) is 11.9. The van der Waals surface area contributed by atoms with Gasteiger partial charge in [0.15, 0.2) is 0 Å². The standard InChI is InChI=1S/C15H24N2O2/c1-4-12-6-5-7-13(10-12)17-15(19)16-9-8-14(18)11(2)3/h5-7,10-11,14,18H,4,8-9H2,1-3H3,(H2,16,17,19). The summed E-state index contributed by atoms with van der Waals surface area (Å²) in [7, 11) is 0. The molecule has 19 heavy (non-hydrogen) atoms. The molecule has 1 unspecified atom stereocenters. The number of carbonyl (C=O) groups is 1. The predicted molar refractivity (Wildman–Crippen MR) is 78.3 cm³/mol. The number of nitrogens with one attached hydrogen (secondary N) is 2. The molecule has 0 aliphatic carbocycles. The summed E-state index contributed by atoms with van der Waals surface area (Å²) >= 11 is 0. The van der Waals surface area contributed by atoms with E-state index < -0.39 is 0 Å². The third-order valence-electron chi connectivity index (χ3n) is 3.09. The van der Waals surface area contributed by atoms with Gasteiger partial charge < -0.3 is 15.7 Å². The molecule has 1 aromatic carbocycles. The first-order valence-electron chi connectivity index (χ1n) is 6.84. The van der Waals surface area contributed by atoms with E-state index in [0.717, 1.165) is 12.1 Å². The number of urea groups is 1. The first kappa shape index (κ1) is 15.5. The smallest absolute Gasteiger partial charge is 0.319 e. The second kappa shape index (κ2) is 7.79. The van der Waals surface area contributed by atoms with Crippen molar-refractivity contribution in [3.8, 4) is 0 Å². The van der Waals surface area contributed by atoms with Crippen LogP contribution in [-0.2, 0) is 6.42 Å². The molecule has 0 aliphatic rings. The van der Waals surface area contributed by atoms with E-state index in [1.807, 2.05) is 38.1 Å². The van der Waals surface area contributed by atoms with Crippen LogP contribution in [0, 0.1) is 5.92 Å². The van der Waals surface area contributed by atoms with Crippen molar-refractivity contribution < 1.29 is 9.90 Å². The number of hydrogen-bond acceptors (Lipinski definition) is 2. The van der Waals surface area contributed by atoms with Gasteiger partial charge in [0.2, 0.25) is 0 Å². The number of aliphatic hydroxyl groups excluding tert-OH is 1. The molecule has 0 radical (unpaired) electrons. The summed E-state index contributed by atoms with van der Waals surface area (Å²) in [6.07, 6.45) is 1.14. The summed E-state index contributed by atoms with van der Waals surface area (Å²) in [6, 6.07) is 7.55. The average Bonchev–Trinajstić information content (AvgIpc) is 2.38. The van der Waals surface area contributed by atoms with Gasteiger partial charge in [-0.25, -0.2) is 4.79 Å². The van der Waals surface area contributed by atoms with Crippen LogP contribution in [0.5, 0.6) is 0 Å². The third-order valence-corrected chi connectivity index (χ3v) is 3.09. The van der Waals surface area contributed by atoms with Gasteiger partial charge in [-0.15, -0.1) is 0 Å². The van der Waals surface area contributed by atoms with Crippen molar-refractivity contribution in [1.82, 2.24) is 5.32 Å². The van der Waals surface area contributed by atoms with Crippen molar-refractivity contribution >= 4 is 11.7 Å². The van der Waals surface area contributed by atoms with Crippen molar-refractivity contribution in [3.63, 3.8) is 0 Å². The van der Waals surface area contributed by atoms with E-state index >= 15 is 0 Å². The van der Waals surface area contributed by atoms with E-state index in [4.69, 9.17) is 0 Å². The van der Waals surface area contributed by atoms with Crippen LogP contribution in [0.25, 0.3) is 0 Å². The zero-order valence-corrected chi connectivity index (χ0v) is 11.9. The van der Waals surface area contributed by atoms with Crippen LogP contribution in [0.4, 0.5) is 10.5 Å². The lowest BCUT2D eigenvalue weighted by atomic mass is 10.0. The lowest BCUT2D eigenvalue weighted by molar-refractivity contribution is 0.117. The van der Waals surface area contributed by atoms with Crippen molar-refractivity contribution in [2.24, 2.45) is 5.92 Å². The van der Waals surface area contributed by atoms with Crippen molar-refractivity contribution in [3.05, 3.63) is 29.8 Å². The minimum atomic E-state index is -0.372. The fourth-order valence-corrected chi connectivity index (χ4v) is 1.71. The molecule has 0 aromatic heterocycles. The van der Waals surface area contributed by atoms with Gasteiger partial charge >= 0.3 is 6.03 Å². The average molecular weight is 264 g/mol. The summed E-state index contributed by atoms with van der Waals surface area (Å²) in [5.41, 5.74) is 1.98. The molecule has 106 valence electrons. The van der Waals surface area contributed by atoms with Crippen LogP contribution in [0.2, 0.25) is 0 Å². The van der Waals surface area contributed by atoms with Gasteiger partial charge in [0, 0.05) is 12.2 Å². The molecule has 4 heteroatoms. The maximum absolute atomic E-state index is 11.7. The predicted octanol–water partition coefficient (Wildman–Crippen LogP) is 2.78. The molecule has 0 saturated heterocycles. The Morgan fingerprint density at radius 2 is 2.11 bits per heavy atom. The van der Waals surface area contributed by atoms with Crippen LogP contribution in [0.1, 0.15) is 32.8 Å². The Labute approximate surface area is 115 Å². The monoisotopic (exact) mass is 264 g/mol. The van der Waals surface area contributed by atoms with E-state index in [1.165, 1.54) is 5.56 Å². The first-order chi connectivity index (χ1) is 9.02. The second-order valence-corrected chi connectivity index (χ2v) is 5.03. The quantitative estimate of drug-likeness (QED) is 0.740. The lowest BCUT2D eigenvalue weighted by Crippen LogP contribution is -2.32. The molecular weight excluding hydrogens is 240 g/mol. The van der Waals surface area contributed by atoms with Crippen LogP contribution in [-0.4, -0.2) is 23.8 Å². The van der Waals surface area contributed by atoms with Gasteiger partial charge in [0.1, 0.15) is 0 Å². The molecule has 3 N–H and O–H groups in total. The molecule has 0 bridgehead atoms. The van der Waals surface area contributed by atoms with Crippen LogP contribution >= 0.6 is 0 Å². The van der Waals surface area contributed by atoms with Crippen molar-refractivity contribution in [2.45, 2.75) is 39.7 Å². The second-order valence-electron chi connectivity index (χ2n) is 5.03. The van der Waals surface area contributed by atoms with Gasteiger partial charge in [0.05, 0.1) is 6.10 Å². The minimum absolute atomic E-state index is 0.214. The SMILES string of the molecule is CCc1cccc(NC(=O)NCCC(O)C(C)C)c1. The molecule has 0 fully saturated rings. The molecule has 0 aliphatic heterocycles. The van der Waals surface area contributed by atoms with Gasteiger partial charge in [-0.3, -0.25) is 0 Å². The number of anilines is 1. The summed E-state index contributed by atoms with van der Waals surface area (Å²) in [5.74, 6) is 0.214. The van der Waals surface area contributed by atoms with Gasteiger partial charge in [-0.05, 0) is 36.5 Å². The van der Waals surface area contributed by atoms with Crippen LogP contribution in [0.15, 0.2) is 24.3 Å². The maximum atomic E-state index is 11.7.